The molecule has 0 aromatic heterocycles. The Balaban J connectivity index is 0. The summed E-state index contributed by atoms with van der Waals surface area (Å²) in [5.74, 6) is 0. The first-order valence-electron chi connectivity index (χ1n) is 3.74. The summed E-state index contributed by atoms with van der Waals surface area (Å²) in [5.41, 5.74) is 2.51. The maximum Gasteiger partial charge on any atom is 2.00 e. The van der Waals surface area contributed by atoms with Gasteiger partial charge in [0.05, 0.1) is 0 Å². The van der Waals surface area contributed by atoms with Crippen LogP contribution in [0.15, 0.2) is 24.3 Å². The third kappa shape index (κ3) is 5.27. The van der Waals surface area contributed by atoms with Gasteiger partial charge in [-0.25, -0.2) is 0 Å². The van der Waals surface area contributed by atoms with Crippen molar-refractivity contribution in [2.75, 3.05) is 0 Å². The van der Waals surface area contributed by atoms with E-state index in [1.807, 2.05) is 6.07 Å². The molecule has 0 heterocycles. The second kappa shape index (κ2) is 8.20. The molecular formula is C10H13IMg. The average Bonchev–Trinajstić information content (AvgIpc) is 1.88. The van der Waals surface area contributed by atoms with E-state index in [2.05, 4.69) is 32.0 Å². The summed E-state index contributed by atoms with van der Waals surface area (Å²) in [6.45, 7) is 6.05. The summed E-state index contributed by atoms with van der Waals surface area (Å²) < 4.78 is 0. The van der Waals surface area contributed by atoms with E-state index in [4.69, 9.17) is 0 Å². The van der Waals surface area contributed by atoms with Crippen LogP contribution in [0.4, 0.5) is 0 Å². The second-order valence-corrected chi connectivity index (χ2v) is 2.57. The molecule has 1 aromatic carbocycles. The molecule has 0 saturated heterocycles. The van der Waals surface area contributed by atoms with Crippen molar-refractivity contribution in [3.05, 3.63) is 42.3 Å². The van der Waals surface area contributed by atoms with E-state index in [0.29, 0.717) is 0 Å². The van der Waals surface area contributed by atoms with E-state index >= 15 is 0 Å². The maximum atomic E-state index is 3.86. The molecule has 0 aliphatic rings. The van der Waals surface area contributed by atoms with Crippen LogP contribution in [0.25, 0.3) is 0 Å². The van der Waals surface area contributed by atoms with Crippen LogP contribution in [0.1, 0.15) is 24.5 Å². The molecule has 1 aromatic rings. The Kier molecular flexibility index (Phi) is 10.3. The molecule has 0 unspecified atom stereocenters. The zero-order valence-electron chi connectivity index (χ0n) is 7.52. The molecule has 0 aliphatic heterocycles. The first kappa shape index (κ1) is 15.1. The number of aryl methyl sites for hydroxylation is 1. The van der Waals surface area contributed by atoms with Crippen LogP contribution in [-0.4, -0.2) is 23.1 Å². The maximum absolute atomic E-state index is 3.86. The Labute approximate surface area is 108 Å². The van der Waals surface area contributed by atoms with Gasteiger partial charge in [-0.3, -0.25) is 0 Å². The topological polar surface area (TPSA) is 0 Å². The van der Waals surface area contributed by atoms with Crippen LogP contribution < -0.4 is 24.0 Å². The number of hydrogen-bond acceptors (Lipinski definition) is 0. The summed E-state index contributed by atoms with van der Waals surface area (Å²) in [7, 11) is 0. The molecule has 0 amide bonds. The van der Waals surface area contributed by atoms with Crippen LogP contribution >= 0.6 is 0 Å². The van der Waals surface area contributed by atoms with Crippen molar-refractivity contribution >= 4 is 23.1 Å². The number of benzene rings is 1. The van der Waals surface area contributed by atoms with Crippen molar-refractivity contribution in [2.45, 2.75) is 19.8 Å². The molecule has 2 heteroatoms. The van der Waals surface area contributed by atoms with Crippen molar-refractivity contribution in [2.24, 2.45) is 0 Å². The van der Waals surface area contributed by atoms with Gasteiger partial charge in [0.25, 0.3) is 0 Å². The number of rotatable bonds is 2. The van der Waals surface area contributed by atoms with E-state index in [9.17, 15) is 0 Å². The number of hydrogen-bond donors (Lipinski definition) is 0. The molecule has 0 spiro atoms. The first-order valence-corrected chi connectivity index (χ1v) is 3.74. The first-order chi connectivity index (χ1) is 4.83. The third-order valence-corrected chi connectivity index (χ3v) is 1.53. The molecular weight excluding hydrogens is 271 g/mol. The number of halogens is 1. The van der Waals surface area contributed by atoms with Crippen LogP contribution in [0.2, 0.25) is 0 Å². The van der Waals surface area contributed by atoms with Crippen LogP contribution in [0.5, 0.6) is 0 Å². The molecule has 0 saturated carbocycles. The van der Waals surface area contributed by atoms with Gasteiger partial charge in [0.2, 0.25) is 0 Å². The van der Waals surface area contributed by atoms with E-state index in [-0.39, 0.29) is 47.0 Å². The monoisotopic (exact) mass is 284 g/mol. The predicted octanol–water partition coefficient (Wildman–Crippen LogP) is -0.556. The summed E-state index contributed by atoms with van der Waals surface area (Å²) >= 11 is 0. The van der Waals surface area contributed by atoms with Gasteiger partial charge in [-0.2, -0.15) is 24.6 Å². The van der Waals surface area contributed by atoms with Crippen molar-refractivity contribution in [1.29, 1.82) is 0 Å². The average molecular weight is 284 g/mol. The van der Waals surface area contributed by atoms with E-state index in [1.165, 1.54) is 18.4 Å². The van der Waals surface area contributed by atoms with E-state index < -0.39 is 0 Å². The van der Waals surface area contributed by atoms with Gasteiger partial charge in [-0.05, 0) is 6.42 Å². The zero-order valence-corrected chi connectivity index (χ0v) is 11.1. The summed E-state index contributed by atoms with van der Waals surface area (Å²) in [4.78, 5) is 0. The van der Waals surface area contributed by atoms with Crippen molar-refractivity contribution in [3.63, 3.8) is 0 Å². The van der Waals surface area contributed by atoms with Gasteiger partial charge < -0.3 is 24.0 Å². The minimum atomic E-state index is 0. The zero-order chi connectivity index (χ0) is 7.40. The van der Waals surface area contributed by atoms with Gasteiger partial charge in [0, 0.05) is 0 Å². The van der Waals surface area contributed by atoms with Gasteiger partial charge in [0.1, 0.15) is 0 Å². The smallest absolute Gasteiger partial charge is 1.00 e. The van der Waals surface area contributed by atoms with Gasteiger partial charge in [0.15, 0.2) is 0 Å². The Bertz CT molecular complexity index is 211. The normalized spacial score (nSPS) is 8.08. The van der Waals surface area contributed by atoms with Gasteiger partial charge in [-0.1, -0.05) is 19.4 Å². The Morgan fingerprint density at radius 2 is 2.00 bits per heavy atom. The second-order valence-electron chi connectivity index (χ2n) is 2.57. The van der Waals surface area contributed by atoms with Crippen LogP contribution in [0, 0.1) is 6.92 Å². The SMILES string of the molecule is [CH2-]c1cccc(CCC)c1.[I-].[Mg+2]. The molecule has 0 radical (unpaired) electrons. The van der Waals surface area contributed by atoms with Crippen molar-refractivity contribution in [3.8, 4) is 0 Å². The molecule has 62 valence electrons. The fraction of sp³-hybridized carbons (Fsp3) is 0.300. The van der Waals surface area contributed by atoms with Crippen LogP contribution in [-0.2, 0) is 6.42 Å². The third-order valence-electron chi connectivity index (χ3n) is 1.53. The largest absolute Gasteiger partial charge is 2.00 e. The molecule has 12 heavy (non-hydrogen) atoms. The molecule has 0 bridgehead atoms. The Morgan fingerprint density at radius 3 is 2.50 bits per heavy atom. The fourth-order valence-electron chi connectivity index (χ4n) is 1.07. The molecule has 1 rings (SSSR count). The van der Waals surface area contributed by atoms with Gasteiger partial charge in [-0.15, -0.1) is 11.6 Å². The fourth-order valence-corrected chi connectivity index (χ4v) is 1.07. The molecule has 0 fully saturated rings. The van der Waals surface area contributed by atoms with E-state index in [1.54, 1.807) is 0 Å². The van der Waals surface area contributed by atoms with Gasteiger partial charge >= 0.3 is 23.1 Å². The quantitative estimate of drug-likeness (QED) is 0.388. The summed E-state index contributed by atoms with van der Waals surface area (Å²) in [5, 5.41) is 0. The van der Waals surface area contributed by atoms with E-state index in [0.717, 1.165) is 5.56 Å². The molecule has 0 nitrogen and oxygen atoms in total. The molecule has 0 atom stereocenters. The van der Waals surface area contributed by atoms with Crippen molar-refractivity contribution < 1.29 is 24.0 Å². The molecule has 0 N–H and O–H groups in total. The Morgan fingerprint density at radius 1 is 1.33 bits per heavy atom. The predicted molar refractivity (Wildman–Crippen MR) is 50.7 cm³/mol. The minimum absolute atomic E-state index is 0. The molecule has 0 aliphatic carbocycles. The Hall–Kier alpha value is 0.586. The standard InChI is InChI=1S/C10H13.HI.Mg/c1-3-5-10-7-4-6-9(2)8-10;;/h4,6-8H,2-3,5H2,1H3;1H;/q-1;;+2/p-1. The summed E-state index contributed by atoms with van der Waals surface area (Å²) in [6.07, 6.45) is 2.38. The van der Waals surface area contributed by atoms with Crippen molar-refractivity contribution in [1.82, 2.24) is 0 Å². The minimum Gasteiger partial charge on any atom is -1.00 e. The van der Waals surface area contributed by atoms with Crippen LogP contribution in [0.3, 0.4) is 0 Å². The summed E-state index contributed by atoms with van der Waals surface area (Å²) in [6, 6.07) is 8.38.